The van der Waals surface area contributed by atoms with E-state index in [9.17, 15) is 0 Å². The van der Waals surface area contributed by atoms with E-state index >= 15 is 0 Å². The molecule has 0 spiro atoms. The van der Waals surface area contributed by atoms with Gasteiger partial charge in [-0.15, -0.1) is 11.3 Å². The van der Waals surface area contributed by atoms with E-state index in [0.29, 0.717) is 11.4 Å². The number of nitrogens with zero attached hydrogens (tertiary/aromatic N) is 3. The zero-order chi connectivity index (χ0) is 14.4. The molecule has 0 atom stereocenters. The highest BCUT2D eigenvalue weighted by atomic mass is 32.1. The number of rotatable bonds is 7. The molecule has 2 aromatic rings. The van der Waals surface area contributed by atoms with Gasteiger partial charge >= 0.3 is 0 Å². The van der Waals surface area contributed by atoms with E-state index in [1.165, 1.54) is 0 Å². The third-order valence-electron chi connectivity index (χ3n) is 2.90. The van der Waals surface area contributed by atoms with Gasteiger partial charge in [-0.05, 0) is 18.1 Å². The summed E-state index contributed by atoms with van der Waals surface area (Å²) >= 11 is 6.64. The Balaban J connectivity index is 2.13. The summed E-state index contributed by atoms with van der Waals surface area (Å²) in [6.07, 6.45) is 5.30. The molecule has 2 aromatic heterocycles. The van der Waals surface area contributed by atoms with E-state index in [1.54, 1.807) is 17.5 Å². The average molecular weight is 306 g/mol. The molecule has 6 heteroatoms. The maximum atomic E-state index is 5.62. The number of thiazole rings is 1. The molecule has 4 nitrogen and oxygen atoms in total. The van der Waals surface area contributed by atoms with Gasteiger partial charge in [-0.3, -0.25) is 4.98 Å². The van der Waals surface area contributed by atoms with Crippen LogP contribution >= 0.6 is 23.6 Å². The lowest BCUT2D eigenvalue weighted by atomic mass is 10.2. The van der Waals surface area contributed by atoms with Gasteiger partial charge in [0.2, 0.25) is 0 Å². The number of pyridine rings is 1. The molecule has 2 heterocycles. The van der Waals surface area contributed by atoms with Gasteiger partial charge in [-0.2, -0.15) is 0 Å². The SMILES string of the molecule is CCc1csc(N(CCC(N)=S)Cc2cccnc2)n1. The summed E-state index contributed by atoms with van der Waals surface area (Å²) in [5, 5.41) is 3.12. The highest BCUT2D eigenvalue weighted by molar-refractivity contribution is 7.80. The number of thiocarbonyl (C=S) groups is 1. The first-order chi connectivity index (χ1) is 9.69. The zero-order valence-electron chi connectivity index (χ0n) is 11.5. The molecule has 0 aromatic carbocycles. The van der Waals surface area contributed by atoms with Crippen molar-refractivity contribution in [3.63, 3.8) is 0 Å². The van der Waals surface area contributed by atoms with Gasteiger partial charge in [-0.1, -0.05) is 25.2 Å². The molecule has 20 heavy (non-hydrogen) atoms. The van der Waals surface area contributed by atoms with Gasteiger partial charge < -0.3 is 10.6 Å². The second-order valence-corrected chi connectivity index (χ2v) is 5.84. The predicted molar refractivity (Wildman–Crippen MR) is 88.2 cm³/mol. The van der Waals surface area contributed by atoms with E-state index in [4.69, 9.17) is 18.0 Å². The molecule has 0 aliphatic rings. The van der Waals surface area contributed by atoms with Crippen molar-refractivity contribution >= 4 is 33.7 Å². The summed E-state index contributed by atoms with van der Waals surface area (Å²) in [6.45, 7) is 3.66. The monoisotopic (exact) mass is 306 g/mol. The van der Waals surface area contributed by atoms with Crippen LogP contribution in [0.25, 0.3) is 0 Å². The molecule has 0 radical (unpaired) electrons. The van der Waals surface area contributed by atoms with Crippen molar-refractivity contribution in [2.75, 3.05) is 11.4 Å². The Hall–Kier alpha value is -1.53. The summed E-state index contributed by atoms with van der Waals surface area (Å²) < 4.78 is 0. The molecular weight excluding hydrogens is 288 g/mol. The Kier molecular flexibility index (Phi) is 5.43. The number of nitrogens with two attached hydrogens (primary N) is 1. The van der Waals surface area contributed by atoms with Crippen molar-refractivity contribution in [3.05, 3.63) is 41.2 Å². The van der Waals surface area contributed by atoms with Crippen LogP contribution in [0.3, 0.4) is 0 Å². The average Bonchev–Trinajstić information content (AvgIpc) is 2.93. The largest absolute Gasteiger partial charge is 0.393 e. The standard InChI is InChI=1S/C14H18N4S2/c1-2-12-10-20-14(17-12)18(7-5-13(15)19)9-11-4-3-6-16-8-11/h3-4,6,8,10H,2,5,7,9H2,1H3,(H2,15,19). The van der Waals surface area contributed by atoms with Crippen LogP contribution in [-0.2, 0) is 13.0 Å². The number of anilines is 1. The quantitative estimate of drug-likeness (QED) is 0.797. The molecule has 0 saturated carbocycles. The summed E-state index contributed by atoms with van der Waals surface area (Å²) in [4.78, 5) is 11.5. The fourth-order valence-electron chi connectivity index (χ4n) is 1.80. The Morgan fingerprint density at radius 3 is 2.95 bits per heavy atom. The van der Waals surface area contributed by atoms with Crippen molar-refractivity contribution in [1.82, 2.24) is 9.97 Å². The second kappa shape index (κ2) is 7.31. The lowest BCUT2D eigenvalue weighted by Gasteiger charge is -2.21. The number of aryl methyl sites for hydroxylation is 1. The number of aromatic nitrogens is 2. The number of hydrogen-bond acceptors (Lipinski definition) is 5. The molecule has 106 valence electrons. The van der Waals surface area contributed by atoms with E-state index in [-0.39, 0.29) is 0 Å². The molecule has 2 N–H and O–H groups in total. The predicted octanol–water partition coefficient (Wildman–Crippen LogP) is 2.78. The highest BCUT2D eigenvalue weighted by Crippen LogP contribution is 2.23. The molecular formula is C14H18N4S2. The maximum Gasteiger partial charge on any atom is 0.185 e. The first kappa shape index (κ1) is 14.9. The van der Waals surface area contributed by atoms with E-state index in [1.807, 2.05) is 12.3 Å². The topological polar surface area (TPSA) is 55.0 Å². The molecule has 0 saturated heterocycles. The van der Waals surface area contributed by atoms with Gasteiger partial charge in [0.05, 0.1) is 10.7 Å². The molecule has 0 amide bonds. The van der Waals surface area contributed by atoms with Gasteiger partial charge in [0.15, 0.2) is 5.13 Å². The maximum absolute atomic E-state index is 5.62. The molecule has 0 bridgehead atoms. The van der Waals surface area contributed by atoms with Crippen LogP contribution < -0.4 is 10.6 Å². The van der Waals surface area contributed by atoms with Crippen molar-refractivity contribution in [1.29, 1.82) is 0 Å². The summed E-state index contributed by atoms with van der Waals surface area (Å²) in [6, 6.07) is 4.01. The van der Waals surface area contributed by atoms with Crippen LogP contribution in [0.15, 0.2) is 29.9 Å². The van der Waals surface area contributed by atoms with Crippen molar-refractivity contribution in [3.8, 4) is 0 Å². The Bertz CT molecular complexity index is 553. The second-order valence-electron chi connectivity index (χ2n) is 4.47. The normalized spacial score (nSPS) is 10.4. The minimum absolute atomic E-state index is 0.536. The van der Waals surface area contributed by atoms with Crippen LogP contribution in [-0.4, -0.2) is 21.5 Å². The Morgan fingerprint density at radius 2 is 2.35 bits per heavy atom. The minimum atomic E-state index is 0.536. The lowest BCUT2D eigenvalue weighted by Crippen LogP contribution is -2.27. The fraction of sp³-hybridized carbons (Fsp3) is 0.357. The molecule has 0 unspecified atom stereocenters. The van der Waals surface area contributed by atoms with Crippen LogP contribution in [0.4, 0.5) is 5.13 Å². The first-order valence-corrected chi connectivity index (χ1v) is 7.84. The van der Waals surface area contributed by atoms with Crippen LogP contribution in [0.1, 0.15) is 24.6 Å². The molecule has 0 fully saturated rings. The van der Waals surface area contributed by atoms with Crippen LogP contribution in [0, 0.1) is 0 Å². The van der Waals surface area contributed by atoms with Gasteiger partial charge in [0, 0.05) is 37.3 Å². The summed E-state index contributed by atoms with van der Waals surface area (Å²) in [7, 11) is 0. The third kappa shape index (κ3) is 4.25. The van der Waals surface area contributed by atoms with E-state index in [2.05, 4.69) is 33.2 Å². The van der Waals surface area contributed by atoms with Gasteiger partial charge in [0.1, 0.15) is 0 Å². The fourth-order valence-corrected chi connectivity index (χ4v) is 2.83. The Labute approximate surface area is 128 Å². The van der Waals surface area contributed by atoms with Crippen molar-refractivity contribution in [2.24, 2.45) is 5.73 Å². The van der Waals surface area contributed by atoms with Crippen LogP contribution in [0.2, 0.25) is 0 Å². The molecule has 2 rings (SSSR count). The zero-order valence-corrected chi connectivity index (χ0v) is 13.1. The van der Waals surface area contributed by atoms with Crippen molar-refractivity contribution < 1.29 is 0 Å². The molecule has 0 aliphatic carbocycles. The van der Waals surface area contributed by atoms with Crippen molar-refractivity contribution in [2.45, 2.75) is 26.3 Å². The third-order valence-corrected chi connectivity index (χ3v) is 4.05. The molecule has 0 aliphatic heterocycles. The lowest BCUT2D eigenvalue weighted by molar-refractivity contribution is 0.795. The minimum Gasteiger partial charge on any atom is -0.393 e. The first-order valence-electron chi connectivity index (χ1n) is 6.55. The summed E-state index contributed by atoms with van der Waals surface area (Å²) in [5.74, 6) is 0. The van der Waals surface area contributed by atoms with E-state index < -0.39 is 0 Å². The van der Waals surface area contributed by atoms with Gasteiger partial charge in [-0.25, -0.2) is 4.98 Å². The Morgan fingerprint density at radius 1 is 1.50 bits per heavy atom. The van der Waals surface area contributed by atoms with Crippen LogP contribution in [0.5, 0.6) is 0 Å². The number of hydrogen-bond donors (Lipinski definition) is 1. The highest BCUT2D eigenvalue weighted by Gasteiger charge is 2.12. The summed E-state index contributed by atoms with van der Waals surface area (Å²) in [5.41, 5.74) is 7.90. The van der Waals surface area contributed by atoms with Gasteiger partial charge in [0.25, 0.3) is 0 Å². The van der Waals surface area contributed by atoms with E-state index in [0.717, 1.165) is 35.9 Å². The smallest absolute Gasteiger partial charge is 0.185 e.